The normalized spacial score (nSPS) is 14.1. The van der Waals surface area contributed by atoms with Gasteiger partial charge >= 0.3 is 0 Å². The van der Waals surface area contributed by atoms with E-state index in [0.717, 1.165) is 42.3 Å². The Kier molecular flexibility index (Phi) is 5.01. The lowest BCUT2D eigenvalue weighted by Crippen LogP contribution is -2.36. The van der Waals surface area contributed by atoms with E-state index in [1.807, 2.05) is 24.1 Å². The summed E-state index contributed by atoms with van der Waals surface area (Å²) in [5.74, 6) is 1.92. The number of amides is 1. The van der Waals surface area contributed by atoms with Crippen LogP contribution < -0.4 is 5.32 Å². The Hall–Kier alpha value is -1.30. The molecule has 6 heteroatoms. The lowest BCUT2D eigenvalue weighted by Gasteiger charge is -2.28. The van der Waals surface area contributed by atoms with E-state index >= 15 is 0 Å². The largest absolute Gasteiger partial charge is 0.369 e. The van der Waals surface area contributed by atoms with Crippen molar-refractivity contribution in [1.82, 2.24) is 15.1 Å². The van der Waals surface area contributed by atoms with Crippen molar-refractivity contribution < 1.29 is 4.79 Å². The Bertz CT molecular complexity index is 452. The molecule has 1 aliphatic heterocycles. The molecule has 0 fully saturated rings. The molecule has 5 nitrogen and oxygen atoms in total. The molecule has 1 aliphatic rings. The van der Waals surface area contributed by atoms with Gasteiger partial charge in [-0.1, -0.05) is 0 Å². The molecular formula is C13H20N4OS. The van der Waals surface area contributed by atoms with Crippen LogP contribution in [0.5, 0.6) is 0 Å². The summed E-state index contributed by atoms with van der Waals surface area (Å²) >= 11 is 1.71. The Labute approximate surface area is 118 Å². The van der Waals surface area contributed by atoms with Crippen molar-refractivity contribution in [3.63, 3.8) is 0 Å². The fourth-order valence-electron chi connectivity index (χ4n) is 2.16. The standard InChI is InChI=1S/C13H20N4OS/c1-3-14-12-8-10-9-17(13(18)5-7-19-2)6-4-11(10)15-16-12/h8H,3-7,9H2,1-2H3,(H,14,16). The van der Waals surface area contributed by atoms with Crippen LogP contribution in [0.25, 0.3) is 0 Å². The number of rotatable bonds is 5. The first-order valence-electron chi connectivity index (χ1n) is 6.60. The molecule has 0 unspecified atom stereocenters. The molecule has 0 atom stereocenters. The molecule has 0 aliphatic carbocycles. The van der Waals surface area contributed by atoms with E-state index in [0.29, 0.717) is 13.0 Å². The minimum absolute atomic E-state index is 0.238. The van der Waals surface area contributed by atoms with E-state index in [4.69, 9.17) is 0 Å². The van der Waals surface area contributed by atoms with Crippen molar-refractivity contribution in [2.24, 2.45) is 0 Å². The van der Waals surface area contributed by atoms with Crippen LogP contribution in [0.1, 0.15) is 24.6 Å². The molecule has 0 bridgehead atoms. The Morgan fingerprint density at radius 3 is 3.11 bits per heavy atom. The number of nitrogens with zero attached hydrogens (tertiary/aromatic N) is 3. The van der Waals surface area contributed by atoms with Gasteiger partial charge in [0.15, 0.2) is 0 Å². The van der Waals surface area contributed by atoms with Crippen molar-refractivity contribution in [1.29, 1.82) is 0 Å². The summed E-state index contributed by atoms with van der Waals surface area (Å²) < 4.78 is 0. The van der Waals surface area contributed by atoms with E-state index in [1.54, 1.807) is 11.8 Å². The summed E-state index contributed by atoms with van der Waals surface area (Å²) in [6, 6.07) is 2.01. The first-order chi connectivity index (χ1) is 9.24. The van der Waals surface area contributed by atoms with Crippen molar-refractivity contribution in [2.45, 2.75) is 26.3 Å². The number of fused-ring (bicyclic) bond motifs is 1. The van der Waals surface area contributed by atoms with Crippen LogP contribution in [0.3, 0.4) is 0 Å². The van der Waals surface area contributed by atoms with Gasteiger partial charge in [0.25, 0.3) is 0 Å². The van der Waals surface area contributed by atoms with E-state index < -0.39 is 0 Å². The van der Waals surface area contributed by atoms with E-state index in [2.05, 4.69) is 15.5 Å². The quantitative estimate of drug-likeness (QED) is 0.886. The number of hydrogen-bond donors (Lipinski definition) is 1. The monoisotopic (exact) mass is 280 g/mol. The number of thioether (sulfide) groups is 1. The zero-order valence-corrected chi connectivity index (χ0v) is 12.3. The molecule has 1 aromatic rings. The second-order valence-electron chi connectivity index (χ2n) is 4.54. The topological polar surface area (TPSA) is 58.1 Å². The summed E-state index contributed by atoms with van der Waals surface area (Å²) in [6.45, 7) is 4.27. The molecular weight excluding hydrogens is 260 g/mol. The van der Waals surface area contributed by atoms with Crippen molar-refractivity contribution >= 4 is 23.5 Å². The van der Waals surface area contributed by atoms with Gasteiger partial charge in [0.05, 0.1) is 5.69 Å². The molecule has 19 heavy (non-hydrogen) atoms. The minimum atomic E-state index is 0.238. The average Bonchev–Trinajstić information content (AvgIpc) is 2.44. The maximum absolute atomic E-state index is 12.0. The third-order valence-corrected chi connectivity index (χ3v) is 3.78. The Morgan fingerprint density at radius 2 is 2.37 bits per heavy atom. The number of carbonyl (C=O) groups is 1. The number of nitrogens with one attached hydrogen (secondary N) is 1. The molecule has 0 aromatic carbocycles. The van der Waals surface area contributed by atoms with Crippen LogP contribution >= 0.6 is 11.8 Å². The van der Waals surface area contributed by atoms with E-state index in [1.165, 1.54) is 0 Å². The first-order valence-corrected chi connectivity index (χ1v) is 8.00. The second kappa shape index (κ2) is 6.75. The van der Waals surface area contributed by atoms with Crippen molar-refractivity contribution in [3.8, 4) is 0 Å². The van der Waals surface area contributed by atoms with Gasteiger partial charge < -0.3 is 10.2 Å². The van der Waals surface area contributed by atoms with Gasteiger partial charge in [-0.25, -0.2) is 0 Å². The van der Waals surface area contributed by atoms with Crippen LogP contribution in [0, 0.1) is 0 Å². The summed E-state index contributed by atoms with van der Waals surface area (Å²) in [5.41, 5.74) is 2.14. The highest BCUT2D eigenvalue weighted by atomic mass is 32.2. The van der Waals surface area contributed by atoms with Gasteiger partial charge in [-0.15, -0.1) is 5.10 Å². The summed E-state index contributed by atoms with van der Waals surface area (Å²) in [5, 5.41) is 11.5. The fraction of sp³-hybridized carbons (Fsp3) is 0.615. The van der Waals surface area contributed by atoms with E-state index in [-0.39, 0.29) is 5.91 Å². The molecule has 1 amide bonds. The molecule has 0 saturated heterocycles. The predicted octanol–water partition coefficient (Wildman–Crippen LogP) is 1.55. The van der Waals surface area contributed by atoms with Gasteiger partial charge in [0.2, 0.25) is 5.91 Å². The van der Waals surface area contributed by atoms with Crippen LogP contribution in [0.15, 0.2) is 6.07 Å². The van der Waals surface area contributed by atoms with Gasteiger partial charge in [0, 0.05) is 38.2 Å². The Balaban J connectivity index is 2.05. The lowest BCUT2D eigenvalue weighted by molar-refractivity contribution is -0.131. The SMILES string of the molecule is CCNc1cc2c(nn1)CCN(C(=O)CCSC)C2. The average molecular weight is 280 g/mol. The molecule has 0 radical (unpaired) electrons. The summed E-state index contributed by atoms with van der Waals surface area (Å²) in [7, 11) is 0. The number of hydrogen-bond acceptors (Lipinski definition) is 5. The third-order valence-electron chi connectivity index (χ3n) is 3.17. The minimum Gasteiger partial charge on any atom is -0.369 e. The van der Waals surface area contributed by atoms with Gasteiger partial charge in [0.1, 0.15) is 5.82 Å². The van der Waals surface area contributed by atoms with Gasteiger partial charge in [-0.3, -0.25) is 4.79 Å². The summed E-state index contributed by atoms with van der Waals surface area (Å²) in [6.07, 6.45) is 3.45. The fourth-order valence-corrected chi connectivity index (χ4v) is 2.54. The smallest absolute Gasteiger partial charge is 0.223 e. The number of anilines is 1. The predicted molar refractivity (Wildman–Crippen MR) is 78.3 cm³/mol. The zero-order valence-electron chi connectivity index (χ0n) is 11.5. The first kappa shape index (κ1) is 14.1. The highest BCUT2D eigenvalue weighted by Gasteiger charge is 2.21. The number of aromatic nitrogens is 2. The zero-order chi connectivity index (χ0) is 13.7. The van der Waals surface area contributed by atoms with Crippen LogP contribution in [-0.2, 0) is 17.8 Å². The van der Waals surface area contributed by atoms with Gasteiger partial charge in [-0.2, -0.15) is 16.9 Å². The summed E-state index contributed by atoms with van der Waals surface area (Å²) in [4.78, 5) is 14.0. The molecule has 1 aromatic heterocycles. The third kappa shape index (κ3) is 3.59. The molecule has 104 valence electrons. The van der Waals surface area contributed by atoms with Crippen molar-refractivity contribution in [3.05, 3.63) is 17.3 Å². The molecule has 0 saturated carbocycles. The second-order valence-corrected chi connectivity index (χ2v) is 5.53. The highest BCUT2D eigenvalue weighted by Crippen LogP contribution is 2.19. The van der Waals surface area contributed by atoms with Crippen molar-refractivity contribution in [2.75, 3.05) is 30.4 Å². The Morgan fingerprint density at radius 1 is 1.53 bits per heavy atom. The van der Waals surface area contributed by atoms with E-state index in [9.17, 15) is 4.79 Å². The lowest BCUT2D eigenvalue weighted by atomic mass is 10.1. The molecule has 1 N–H and O–H groups in total. The van der Waals surface area contributed by atoms with Crippen LogP contribution in [-0.4, -0.2) is 46.1 Å². The van der Waals surface area contributed by atoms with Crippen LogP contribution in [0.4, 0.5) is 5.82 Å². The van der Waals surface area contributed by atoms with Crippen LogP contribution in [0.2, 0.25) is 0 Å². The maximum atomic E-state index is 12.0. The highest BCUT2D eigenvalue weighted by molar-refractivity contribution is 7.98. The molecule has 2 heterocycles. The van der Waals surface area contributed by atoms with Gasteiger partial charge in [-0.05, 0) is 24.8 Å². The molecule has 2 rings (SSSR count). The molecule has 0 spiro atoms. The maximum Gasteiger partial charge on any atom is 0.223 e. The number of carbonyl (C=O) groups excluding carboxylic acids is 1.